The van der Waals surface area contributed by atoms with Gasteiger partial charge in [-0.15, -0.1) is 0 Å². The number of thiazole rings is 1. The van der Waals surface area contributed by atoms with E-state index in [9.17, 15) is 9.59 Å². The summed E-state index contributed by atoms with van der Waals surface area (Å²) in [5.41, 5.74) is 0.503. The molecule has 0 radical (unpaired) electrons. The second-order valence-electron chi connectivity index (χ2n) is 4.19. The zero-order chi connectivity index (χ0) is 13.3. The summed E-state index contributed by atoms with van der Waals surface area (Å²) >= 11 is 1.02. The maximum absolute atomic E-state index is 11.8. The van der Waals surface area contributed by atoms with Crippen LogP contribution in [-0.4, -0.2) is 40.2 Å². The molecule has 0 bridgehead atoms. The minimum atomic E-state index is -1.01. The molecule has 0 spiro atoms. The highest BCUT2D eigenvalue weighted by Gasteiger charge is 2.33. The van der Waals surface area contributed by atoms with Gasteiger partial charge < -0.3 is 10.2 Å². The van der Waals surface area contributed by atoms with Gasteiger partial charge in [0.15, 0.2) is 5.13 Å². The lowest BCUT2D eigenvalue weighted by molar-refractivity contribution is -0.117. The molecule has 1 fully saturated rings. The maximum atomic E-state index is 11.8. The third kappa shape index (κ3) is 2.23. The van der Waals surface area contributed by atoms with Gasteiger partial charge in [0.25, 0.3) is 0 Å². The van der Waals surface area contributed by atoms with E-state index in [1.54, 1.807) is 0 Å². The molecule has 0 saturated carbocycles. The van der Waals surface area contributed by atoms with E-state index in [1.807, 2.05) is 6.92 Å². The molecule has 1 aliphatic rings. The van der Waals surface area contributed by atoms with Crippen molar-refractivity contribution in [2.75, 3.05) is 18.1 Å². The Balaban J connectivity index is 2.29. The fourth-order valence-electron chi connectivity index (χ4n) is 1.95. The Morgan fingerprint density at radius 3 is 2.78 bits per heavy atom. The minimum absolute atomic E-state index is 0.0416. The molecule has 1 aromatic heterocycles. The highest BCUT2D eigenvalue weighted by Crippen LogP contribution is 2.31. The minimum Gasteiger partial charge on any atom is -0.477 e. The highest BCUT2D eigenvalue weighted by molar-refractivity contribution is 7.17. The summed E-state index contributed by atoms with van der Waals surface area (Å²) in [5, 5.41) is 18.5. The van der Waals surface area contributed by atoms with Crippen molar-refractivity contribution in [2.24, 2.45) is 5.92 Å². The van der Waals surface area contributed by atoms with Gasteiger partial charge in [-0.05, 0) is 6.42 Å². The molecule has 1 amide bonds. The summed E-state index contributed by atoms with van der Waals surface area (Å²) in [6.07, 6.45) is 0.809. The van der Waals surface area contributed by atoms with Gasteiger partial charge >= 0.3 is 5.97 Å². The van der Waals surface area contributed by atoms with Gasteiger partial charge in [-0.25, -0.2) is 9.78 Å². The topological polar surface area (TPSA) is 90.7 Å². The zero-order valence-corrected chi connectivity index (χ0v) is 10.7. The van der Waals surface area contributed by atoms with Crippen LogP contribution in [-0.2, 0) is 11.2 Å². The van der Waals surface area contributed by atoms with Crippen LogP contribution in [0.5, 0.6) is 0 Å². The van der Waals surface area contributed by atoms with Crippen molar-refractivity contribution < 1.29 is 19.8 Å². The number of aliphatic hydroxyl groups excluding tert-OH is 1. The molecule has 1 saturated heterocycles. The molecular formula is C11H14N2O4S. The van der Waals surface area contributed by atoms with E-state index in [0.29, 0.717) is 30.2 Å². The largest absolute Gasteiger partial charge is 0.477 e. The number of carboxylic acids is 1. The predicted octanol–water partition coefficient (Wildman–Crippen LogP) is 0.749. The molecule has 6 nitrogen and oxygen atoms in total. The Morgan fingerprint density at radius 1 is 1.61 bits per heavy atom. The van der Waals surface area contributed by atoms with Crippen LogP contribution >= 0.6 is 11.3 Å². The number of rotatable bonds is 4. The van der Waals surface area contributed by atoms with E-state index in [2.05, 4.69) is 4.98 Å². The average Bonchev–Trinajstić information content (AvgIpc) is 2.91. The molecule has 1 atom stereocenters. The quantitative estimate of drug-likeness (QED) is 0.842. The number of hydrogen-bond donors (Lipinski definition) is 2. The number of anilines is 1. The lowest BCUT2D eigenvalue weighted by Crippen LogP contribution is -2.24. The summed E-state index contributed by atoms with van der Waals surface area (Å²) in [4.78, 5) is 28.7. The Hall–Kier alpha value is -1.47. The molecule has 2 heterocycles. The van der Waals surface area contributed by atoms with Crippen molar-refractivity contribution >= 4 is 28.3 Å². The molecule has 1 aromatic rings. The SMILES string of the molecule is CCc1nc(N2CC(CO)CC2=O)sc1C(=O)O. The van der Waals surface area contributed by atoms with Crippen molar-refractivity contribution in [3.05, 3.63) is 10.6 Å². The first-order valence-electron chi connectivity index (χ1n) is 5.71. The van der Waals surface area contributed by atoms with Gasteiger partial charge in [0.05, 0.1) is 5.69 Å². The van der Waals surface area contributed by atoms with Crippen LogP contribution in [0.25, 0.3) is 0 Å². The van der Waals surface area contributed by atoms with Gasteiger partial charge in [0.1, 0.15) is 4.88 Å². The zero-order valence-electron chi connectivity index (χ0n) is 9.92. The number of aromatic nitrogens is 1. The second kappa shape index (κ2) is 5.03. The predicted molar refractivity (Wildman–Crippen MR) is 66.0 cm³/mol. The summed E-state index contributed by atoms with van der Waals surface area (Å²) in [6, 6.07) is 0. The maximum Gasteiger partial charge on any atom is 0.347 e. The number of carbonyl (C=O) groups is 2. The monoisotopic (exact) mass is 270 g/mol. The number of aryl methyl sites for hydroxylation is 1. The number of hydrogen-bond acceptors (Lipinski definition) is 5. The molecule has 2 rings (SSSR count). The van der Waals surface area contributed by atoms with E-state index in [-0.39, 0.29) is 23.3 Å². The van der Waals surface area contributed by atoms with Gasteiger partial charge in [0.2, 0.25) is 5.91 Å². The summed E-state index contributed by atoms with van der Waals surface area (Å²) < 4.78 is 0. The number of aromatic carboxylic acids is 1. The van der Waals surface area contributed by atoms with Crippen LogP contribution < -0.4 is 4.90 Å². The van der Waals surface area contributed by atoms with Crippen LogP contribution in [0.3, 0.4) is 0 Å². The Labute approximate surface area is 108 Å². The Morgan fingerprint density at radius 2 is 2.33 bits per heavy atom. The average molecular weight is 270 g/mol. The van der Waals surface area contributed by atoms with Crippen LogP contribution in [0.15, 0.2) is 0 Å². The van der Waals surface area contributed by atoms with Crippen molar-refractivity contribution in [3.8, 4) is 0 Å². The van der Waals surface area contributed by atoms with Crippen LogP contribution in [0.1, 0.15) is 28.7 Å². The summed E-state index contributed by atoms with van der Waals surface area (Å²) in [5.74, 6) is -1.21. The van der Waals surface area contributed by atoms with Crippen molar-refractivity contribution in [1.29, 1.82) is 0 Å². The normalized spacial score (nSPS) is 19.6. The van der Waals surface area contributed by atoms with Gasteiger partial charge in [-0.2, -0.15) is 0 Å². The first-order chi connectivity index (χ1) is 8.56. The van der Waals surface area contributed by atoms with Gasteiger partial charge in [-0.3, -0.25) is 9.69 Å². The number of nitrogens with zero attached hydrogens (tertiary/aromatic N) is 2. The highest BCUT2D eigenvalue weighted by atomic mass is 32.1. The molecular weight excluding hydrogens is 256 g/mol. The van der Waals surface area contributed by atoms with Crippen LogP contribution in [0.4, 0.5) is 5.13 Å². The van der Waals surface area contributed by atoms with Crippen molar-refractivity contribution in [1.82, 2.24) is 4.98 Å². The lowest BCUT2D eigenvalue weighted by Gasteiger charge is -2.11. The standard InChI is InChI=1S/C11H14N2O4S/c1-2-7-9(10(16)17)18-11(12-7)13-4-6(5-14)3-8(13)15/h6,14H,2-5H2,1H3,(H,16,17). The smallest absolute Gasteiger partial charge is 0.347 e. The Kier molecular flexibility index (Phi) is 3.63. The molecule has 0 aromatic carbocycles. The summed E-state index contributed by atoms with van der Waals surface area (Å²) in [6.45, 7) is 2.19. The Bertz CT molecular complexity index is 485. The molecule has 2 N–H and O–H groups in total. The van der Waals surface area contributed by atoms with E-state index >= 15 is 0 Å². The van der Waals surface area contributed by atoms with E-state index in [1.165, 1.54) is 4.90 Å². The van der Waals surface area contributed by atoms with Gasteiger partial charge in [0, 0.05) is 25.5 Å². The second-order valence-corrected chi connectivity index (χ2v) is 5.17. The molecule has 18 heavy (non-hydrogen) atoms. The number of amides is 1. The van der Waals surface area contributed by atoms with Crippen molar-refractivity contribution in [2.45, 2.75) is 19.8 Å². The van der Waals surface area contributed by atoms with Gasteiger partial charge in [-0.1, -0.05) is 18.3 Å². The van der Waals surface area contributed by atoms with Crippen molar-refractivity contribution in [3.63, 3.8) is 0 Å². The number of aliphatic hydroxyl groups is 1. The van der Waals surface area contributed by atoms with Crippen LogP contribution in [0, 0.1) is 5.92 Å². The summed E-state index contributed by atoms with van der Waals surface area (Å²) in [7, 11) is 0. The van der Waals surface area contributed by atoms with E-state index in [4.69, 9.17) is 10.2 Å². The molecule has 1 unspecified atom stereocenters. The molecule has 1 aliphatic heterocycles. The number of carboxylic acid groups (broad SMARTS) is 1. The lowest BCUT2D eigenvalue weighted by atomic mass is 10.1. The molecule has 98 valence electrons. The fraction of sp³-hybridized carbons (Fsp3) is 0.545. The first kappa shape index (κ1) is 13.0. The third-order valence-corrected chi connectivity index (χ3v) is 4.02. The molecule has 0 aliphatic carbocycles. The van der Waals surface area contributed by atoms with E-state index in [0.717, 1.165) is 11.3 Å². The molecule has 7 heteroatoms. The first-order valence-corrected chi connectivity index (χ1v) is 6.52. The third-order valence-electron chi connectivity index (χ3n) is 2.91. The number of carbonyl (C=O) groups excluding carboxylic acids is 1. The van der Waals surface area contributed by atoms with Crippen LogP contribution in [0.2, 0.25) is 0 Å². The fourth-order valence-corrected chi connectivity index (χ4v) is 2.97. The van der Waals surface area contributed by atoms with E-state index < -0.39 is 5.97 Å².